The van der Waals surface area contributed by atoms with E-state index in [1.54, 1.807) is 0 Å². The number of nitrogens with two attached hydrogens (primary N) is 1. The Bertz CT molecular complexity index is 451. The summed E-state index contributed by atoms with van der Waals surface area (Å²) >= 11 is 0. The predicted molar refractivity (Wildman–Crippen MR) is 75.0 cm³/mol. The highest BCUT2D eigenvalue weighted by atomic mass is 14.5. The lowest BCUT2D eigenvalue weighted by molar-refractivity contribution is 1.51. The van der Waals surface area contributed by atoms with Crippen molar-refractivity contribution in [2.75, 3.05) is 5.73 Å². The molecule has 0 radical (unpaired) electrons. The minimum Gasteiger partial charge on any atom is -0.399 e. The van der Waals surface area contributed by atoms with Crippen molar-refractivity contribution in [3.8, 4) is 0 Å². The van der Waals surface area contributed by atoms with Gasteiger partial charge < -0.3 is 5.73 Å². The Balaban J connectivity index is 3.53. The molecule has 0 atom stereocenters. The van der Waals surface area contributed by atoms with Gasteiger partial charge in [0.05, 0.1) is 0 Å². The summed E-state index contributed by atoms with van der Waals surface area (Å²) in [4.78, 5) is 0. The van der Waals surface area contributed by atoms with Crippen LogP contribution in [0.4, 0.5) is 5.69 Å². The third-order valence-electron chi connectivity index (χ3n) is 2.37. The topological polar surface area (TPSA) is 26.0 Å². The highest BCUT2D eigenvalue weighted by Crippen LogP contribution is 2.27. The van der Waals surface area contributed by atoms with Crippen LogP contribution in [-0.4, -0.2) is 0 Å². The van der Waals surface area contributed by atoms with Gasteiger partial charge in [-0.3, -0.25) is 0 Å². The van der Waals surface area contributed by atoms with Crippen molar-refractivity contribution in [1.82, 2.24) is 0 Å². The standard InChI is InChI=1S/C15H19N/c1-5-7-12-9-13(16)10-15(11(3)4)14(12)8-6-2/h5-10H,3,16H2,1-2,4H3/b7-5+,8-6+. The van der Waals surface area contributed by atoms with Gasteiger partial charge in [-0.2, -0.15) is 0 Å². The predicted octanol–water partition coefficient (Wildman–Crippen LogP) is 4.37. The number of hydrogen-bond donors (Lipinski definition) is 1. The first-order valence-electron chi connectivity index (χ1n) is 5.45. The van der Waals surface area contributed by atoms with Gasteiger partial charge >= 0.3 is 0 Å². The van der Waals surface area contributed by atoms with Gasteiger partial charge in [-0.05, 0) is 49.6 Å². The van der Waals surface area contributed by atoms with Gasteiger partial charge in [0.1, 0.15) is 0 Å². The van der Waals surface area contributed by atoms with E-state index in [9.17, 15) is 0 Å². The molecule has 0 unspecified atom stereocenters. The Morgan fingerprint density at radius 2 is 1.81 bits per heavy atom. The molecule has 0 saturated heterocycles. The molecular formula is C15H19N. The molecule has 0 fully saturated rings. The summed E-state index contributed by atoms with van der Waals surface area (Å²) in [5.41, 5.74) is 11.1. The fraction of sp³-hybridized carbons (Fsp3) is 0.200. The zero-order chi connectivity index (χ0) is 12.1. The van der Waals surface area contributed by atoms with Crippen LogP contribution in [0.2, 0.25) is 0 Å². The smallest absolute Gasteiger partial charge is 0.0326 e. The minimum absolute atomic E-state index is 0.777. The first kappa shape index (κ1) is 12.3. The summed E-state index contributed by atoms with van der Waals surface area (Å²) in [5.74, 6) is 0. The van der Waals surface area contributed by atoms with E-state index < -0.39 is 0 Å². The van der Waals surface area contributed by atoms with E-state index in [0.717, 1.165) is 22.4 Å². The van der Waals surface area contributed by atoms with Crippen LogP contribution in [0.5, 0.6) is 0 Å². The lowest BCUT2D eigenvalue weighted by atomic mass is 9.95. The zero-order valence-corrected chi connectivity index (χ0v) is 10.2. The molecule has 1 nitrogen and oxygen atoms in total. The number of allylic oxidation sites excluding steroid dienone is 3. The van der Waals surface area contributed by atoms with Crippen molar-refractivity contribution in [3.63, 3.8) is 0 Å². The van der Waals surface area contributed by atoms with Gasteiger partial charge in [-0.1, -0.05) is 36.5 Å². The average molecular weight is 213 g/mol. The molecular weight excluding hydrogens is 194 g/mol. The molecule has 0 aromatic heterocycles. The molecule has 0 aliphatic rings. The Labute approximate surface area is 98.0 Å². The second kappa shape index (κ2) is 5.36. The number of anilines is 1. The number of rotatable bonds is 3. The average Bonchev–Trinajstić information content (AvgIpc) is 2.21. The molecule has 0 saturated carbocycles. The molecule has 0 amide bonds. The molecule has 0 aliphatic heterocycles. The van der Waals surface area contributed by atoms with Gasteiger partial charge in [0.2, 0.25) is 0 Å². The quantitative estimate of drug-likeness (QED) is 0.741. The fourth-order valence-electron chi connectivity index (χ4n) is 1.72. The van der Waals surface area contributed by atoms with Crippen LogP contribution in [0.1, 0.15) is 37.5 Å². The second-order valence-corrected chi connectivity index (χ2v) is 3.85. The summed E-state index contributed by atoms with van der Waals surface area (Å²) < 4.78 is 0. The van der Waals surface area contributed by atoms with E-state index >= 15 is 0 Å². The van der Waals surface area contributed by atoms with Crippen LogP contribution in [0.25, 0.3) is 17.7 Å². The van der Waals surface area contributed by atoms with Gasteiger partial charge in [0.25, 0.3) is 0 Å². The highest BCUT2D eigenvalue weighted by Gasteiger charge is 2.06. The molecule has 0 bridgehead atoms. The molecule has 84 valence electrons. The summed E-state index contributed by atoms with van der Waals surface area (Å²) in [6.07, 6.45) is 8.21. The Morgan fingerprint density at radius 1 is 1.19 bits per heavy atom. The molecule has 2 N–H and O–H groups in total. The summed E-state index contributed by atoms with van der Waals surface area (Å²) in [6, 6.07) is 3.96. The first-order valence-corrected chi connectivity index (χ1v) is 5.45. The van der Waals surface area contributed by atoms with Gasteiger partial charge in [-0.25, -0.2) is 0 Å². The largest absolute Gasteiger partial charge is 0.399 e. The molecule has 0 spiro atoms. The lowest BCUT2D eigenvalue weighted by Crippen LogP contribution is -1.94. The van der Waals surface area contributed by atoms with Crippen molar-refractivity contribution in [2.24, 2.45) is 0 Å². The SMILES string of the molecule is C=C(C)c1cc(N)cc(/C=C/C)c1/C=C/C. The maximum absolute atomic E-state index is 5.89. The molecule has 1 heteroatoms. The van der Waals surface area contributed by atoms with E-state index in [2.05, 4.69) is 18.7 Å². The van der Waals surface area contributed by atoms with Crippen LogP contribution < -0.4 is 5.73 Å². The highest BCUT2D eigenvalue weighted by molar-refractivity contribution is 5.80. The normalized spacial score (nSPS) is 11.4. The van der Waals surface area contributed by atoms with Gasteiger partial charge in [0.15, 0.2) is 0 Å². The molecule has 0 aliphatic carbocycles. The monoisotopic (exact) mass is 213 g/mol. The zero-order valence-electron chi connectivity index (χ0n) is 10.2. The molecule has 0 heterocycles. The first-order chi connectivity index (χ1) is 7.60. The summed E-state index contributed by atoms with van der Waals surface area (Å²) in [6.45, 7) is 10.0. The van der Waals surface area contributed by atoms with Crippen LogP contribution in [0, 0.1) is 0 Å². The van der Waals surface area contributed by atoms with Crippen molar-refractivity contribution in [3.05, 3.63) is 47.6 Å². The van der Waals surface area contributed by atoms with E-state index in [0.29, 0.717) is 0 Å². The third kappa shape index (κ3) is 2.63. The Morgan fingerprint density at radius 3 is 2.31 bits per heavy atom. The third-order valence-corrected chi connectivity index (χ3v) is 2.37. The summed E-state index contributed by atoms with van der Waals surface area (Å²) in [7, 11) is 0. The minimum atomic E-state index is 0.777. The van der Waals surface area contributed by atoms with Crippen molar-refractivity contribution >= 4 is 23.4 Å². The van der Waals surface area contributed by atoms with Crippen LogP contribution in [0.3, 0.4) is 0 Å². The molecule has 1 aromatic rings. The van der Waals surface area contributed by atoms with Gasteiger partial charge in [0, 0.05) is 5.69 Å². The van der Waals surface area contributed by atoms with Crippen molar-refractivity contribution in [1.29, 1.82) is 0 Å². The van der Waals surface area contributed by atoms with Crippen LogP contribution >= 0.6 is 0 Å². The maximum atomic E-state index is 5.89. The molecule has 16 heavy (non-hydrogen) atoms. The molecule has 1 aromatic carbocycles. The van der Waals surface area contributed by atoms with Crippen molar-refractivity contribution in [2.45, 2.75) is 20.8 Å². The summed E-state index contributed by atoms with van der Waals surface area (Å²) in [5, 5.41) is 0. The van der Waals surface area contributed by atoms with E-state index in [1.165, 1.54) is 5.56 Å². The van der Waals surface area contributed by atoms with E-state index in [1.807, 2.05) is 45.1 Å². The van der Waals surface area contributed by atoms with Crippen LogP contribution in [0.15, 0.2) is 30.9 Å². The lowest BCUT2D eigenvalue weighted by Gasteiger charge is -2.11. The maximum Gasteiger partial charge on any atom is 0.0326 e. The Hall–Kier alpha value is -1.76. The van der Waals surface area contributed by atoms with E-state index in [-0.39, 0.29) is 0 Å². The number of benzene rings is 1. The Kier molecular flexibility index (Phi) is 4.12. The van der Waals surface area contributed by atoms with E-state index in [4.69, 9.17) is 5.73 Å². The second-order valence-electron chi connectivity index (χ2n) is 3.85. The van der Waals surface area contributed by atoms with Crippen LogP contribution in [-0.2, 0) is 0 Å². The number of nitrogen functional groups attached to an aromatic ring is 1. The number of hydrogen-bond acceptors (Lipinski definition) is 1. The fourth-order valence-corrected chi connectivity index (χ4v) is 1.72. The van der Waals surface area contributed by atoms with Gasteiger partial charge in [-0.15, -0.1) is 0 Å². The molecule has 1 rings (SSSR count). The van der Waals surface area contributed by atoms with Crippen molar-refractivity contribution < 1.29 is 0 Å².